The molecular weight excluding hydrogens is 335 g/mol. The smallest absolute Gasteiger partial charge is 0.341 e. The zero-order chi connectivity index (χ0) is 17.6. The lowest BCUT2D eigenvalue weighted by atomic mass is 10.0. The van der Waals surface area contributed by atoms with Crippen LogP contribution in [-0.2, 0) is 14.2 Å². The van der Waals surface area contributed by atoms with E-state index in [1.807, 2.05) is 14.7 Å². The molecule has 132 valence electrons. The van der Waals surface area contributed by atoms with Gasteiger partial charge in [-0.15, -0.1) is 0 Å². The van der Waals surface area contributed by atoms with Gasteiger partial charge in [0.05, 0.1) is 5.70 Å². The summed E-state index contributed by atoms with van der Waals surface area (Å²) in [4.78, 5) is 46.6. The van der Waals surface area contributed by atoms with Crippen LogP contribution in [0.25, 0.3) is 0 Å². The Hall–Kier alpha value is -1.67. The van der Waals surface area contributed by atoms with Gasteiger partial charge in [-0.2, -0.15) is 0 Å². The highest BCUT2D eigenvalue weighted by atomic mass is 31.2. The molecule has 0 bridgehead atoms. The Morgan fingerprint density at radius 2 is 1.42 bits per heavy atom. The fourth-order valence-electron chi connectivity index (χ4n) is 2.28. The molecular formula is C14H21N4O5P. The van der Waals surface area contributed by atoms with Gasteiger partial charge in [0.1, 0.15) is 17.2 Å². The second-order valence-corrected chi connectivity index (χ2v) is 8.20. The number of carbonyl (C=O) groups is 2. The zero-order valence-corrected chi connectivity index (χ0v) is 14.3. The van der Waals surface area contributed by atoms with Gasteiger partial charge in [-0.25, -0.2) is 0 Å². The highest BCUT2D eigenvalue weighted by Gasteiger charge is 2.43. The molecule has 3 aliphatic heterocycles. The van der Waals surface area contributed by atoms with E-state index in [1.54, 1.807) is 0 Å². The van der Waals surface area contributed by atoms with Gasteiger partial charge in [0.25, 0.3) is 0 Å². The molecule has 9 nitrogen and oxygen atoms in total. The van der Waals surface area contributed by atoms with Crippen LogP contribution in [0.15, 0.2) is 23.2 Å². The van der Waals surface area contributed by atoms with Crippen LogP contribution in [0, 0.1) is 0 Å². The van der Waals surface area contributed by atoms with Crippen molar-refractivity contribution in [3.8, 4) is 0 Å². The maximum atomic E-state index is 12.4. The molecule has 3 saturated heterocycles. The third-order valence-corrected chi connectivity index (χ3v) is 5.08. The topological polar surface area (TPSA) is 127 Å². The molecule has 0 aromatic rings. The highest BCUT2D eigenvalue weighted by Crippen LogP contribution is 2.37. The van der Waals surface area contributed by atoms with Crippen LogP contribution in [0.4, 0.5) is 0 Å². The number of nitrogens with two attached hydrogens (primary N) is 1. The Bertz CT molecular complexity index is 683. The monoisotopic (exact) mass is 356 g/mol. The van der Waals surface area contributed by atoms with E-state index in [9.17, 15) is 14.2 Å². The van der Waals surface area contributed by atoms with E-state index >= 15 is 0 Å². The fraction of sp³-hybridized carbons (Fsp3) is 0.571. The molecule has 0 spiro atoms. The minimum Gasteiger partial charge on any atom is -0.365 e. The van der Waals surface area contributed by atoms with Crippen LogP contribution >= 0.6 is 7.60 Å². The molecule has 4 rings (SSSR count). The number of allylic oxidation sites excluding steroid dienone is 1. The maximum Gasteiger partial charge on any atom is 0.341 e. The number of ketones is 2. The van der Waals surface area contributed by atoms with E-state index in [0.717, 1.165) is 39.3 Å². The van der Waals surface area contributed by atoms with E-state index < -0.39 is 13.4 Å². The van der Waals surface area contributed by atoms with Gasteiger partial charge in [0.2, 0.25) is 11.6 Å². The summed E-state index contributed by atoms with van der Waals surface area (Å²) in [5, 5.41) is 0. The molecule has 1 unspecified atom stereocenters. The molecule has 0 radical (unpaired) electrons. The van der Waals surface area contributed by atoms with Crippen LogP contribution in [0.5, 0.6) is 0 Å². The van der Waals surface area contributed by atoms with Crippen molar-refractivity contribution in [2.24, 2.45) is 5.73 Å². The van der Waals surface area contributed by atoms with Gasteiger partial charge in [-0.05, 0) is 6.92 Å². The number of Topliss-reactive ketones (excluding diaryl/α,β-unsaturated/α-hetero) is 1. The lowest BCUT2D eigenvalue weighted by molar-refractivity contribution is -0.117. The first-order chi connectivity index (χ1) is 11.2. The van der Waals surface area contributed by atoms with Crippen molar-refractivity contribution in [3.63, 3.8) is 0 Å². The Morgan fingerprint density at radius 3 is 1.79 bits per heavy atom. The molecule has 0 amide bonds. The number of carbonyl (C=O) groups excluding carboxylic acids is 2. The summed E-state index contributed by atoms with van der Waals surface area (Å²) in [6.07, 6.45) is 1.52. The van der Waals surface area contributed by atoms with E-state index in [2.05, 4.69) is 0 Å². The van der Waals surface area contributed by atoms with Crippen LogP contribution in [0.1, 0.15) is 6.92 Å². The van der Waals surface area contributed by atoms with Gasteiger partial charge in [0.15, 0.2) is 0 Å². The van der Waals surface area contributed by atoms with Gasteiger partial charge < -0.3 is 30.2 Å². The Kier molecular flexibility index (Phi) is 4.29. The van der Waals surface area contributed by atoms with E-state index in [0.29, 0.717) is 17.1 Å². The normalized spacial score (nSPS) is 23.7. The summed E-state index contributed by atoms with van der Waals surface area (Å²) in [5.74, 6) is -0.986. The molecule has 10 heteroatoms. The quantitative estimate of drug-likeness (QED) is 0.318. The summed E-state index contributed by atoms with van der Waals surface area (Å²) >= 11 is 0. The van der Waals surface area contributed by atoms with E-state index in [4.69, 9.17) is 15.5 Å². The molecule has 1 atom stereocenters. The van der Waals surface area contributed by atoms with Gasteiger partial charge in [-0.1, -0.05) is 0 Å². The molecule has 0 saturated carbocycles. The number of rotatable bonds is 4. The minimum absolute atomic E-state index is 0.00546. The van der Waals surface area contributed by atoms with Crippen molar-refractivity contribution in [2.45, 2.75) is 12.7 Å². The standard InChI is InChI=1S/C12H13N3O2.C2H8NO3P/c16-9-7-8(13-1-2-13)12(17)11(15-5-6-15)10(9)14-3-4-14;1-2(3)7(4,5)6/h7H,1-6H2;2H,3H2,1H3,(H2,4,5,6). The van der Waals surface area contributed by atoms with Gasteiger partial charge in [-0.3, -0.25) is 14.2 Å². The van der Waals surface area contributed by atoms with Crippen LogP contribution in [0.3, 0.4) is 0 Å². The van der Waals surface area contributed by atoms with Crippen LogP contribution in [0.2, 0.25) is 0 Å². The SMILES string of the molecule is CC(N)P(=O)(O)O.O=C1C=C(N2CC2)C(=O)C(N2CC2)=C1N1CC1. The Balaban J connectivity index is 0.000000209. The summed E-state index contributed by atoms with van der Waals surface area (Å²) in [5.41, 5.74) is 6.69. The lowest BCUT2D eigenvalue weighted by Gasteiger charge is -2.21. The second-order valence-electron chi connectivity index (χ2n) is 6.21. The van der Waals surface area contributed by atoms with Gasteiger partial charge in [0, 0.05) is 45.3 Å². The summed E-state index contributed by atoms with van der Waals surface area (Å²) < 4.78 is 9.90. The summed E-state index contributed by atoms with van der Waals surface area (Å²) in [6, 6.07) is 0. The Labute approximate surface area is 139 Å². The van der Waals surface area contributed by atoms with Crippen molar-refractivity contribution in [1.82, 2.24) is 14.7 Å². The average molecular weight is 356 g/mol. The predicted octanol–water partition coefficient (Wildman–Crippen LogP) is -1.35. The average Bonchev–Trinajstić information content (AvgIpc) is 3.36. The van der Waals surface area contributed by atoms with E-state index in [1.165, 1.54) is 13.0 Å². The zero-order valence-electron chi connectivity index (χ0n) is 13.4. The number of nitrogens with zero attached hydrogens (tertiary/aromatic N) is 3. The summed E-state index contributed by atoms with van der Waals surface area (Å²) in [7, 11) is -3.96. The molecule has 3 fully saturated rings. The van der Waals surface area contributed by atoms with Crippen molar-refractivity contribution < 1.29 is 23.9 Å². The second kappa shape index (κ2) is 6.00. The first-order valence-electron chi connectivity index (χ1n) is 7.81. The highest BCUT2D eigenvalue weighted by molar-refractivity contribution is 7.52. The third kappa shape index (κ3) is 3.70. The first kappa shape index (κ1) is 17.2. The predicted molar refractivity (Wildman–Crippen MR) is 85.5 cm³/mol. The van der Waals surface area contributed by atoms with E-state index in [-0.39, 0.29) is 11.6 Å². The van der Waals surface area contributed by atoms with Crippen molar-refractivity contribution in [2.75, 3.05) is 39.3 Å². The van der Waals surface area contributed by atoms with Crippen LogP contribution in [-0.4, -0.2) is 81.1 Å². The number of hydrogen-bond acceptors (Lipinski definition) is 7. The number of hydrogen-bond donors (Lipinski definition) is 3. The lowest BCUT2D eigenvalue weighted by Crippen LogP contribution is -2.29. The molecule has 0 aromatic heterocycles. The minimum atomic E-state index is -3.96. The first-order valence-corrected chi connectivity index (χ1v) is 9.49. The molecule has 0 aromatic carbocycles. The van der Waals surface area contributed by atoms with Gasteiger partial charge >= 0.3 is 7.60 Å². The summed E-state index contributed by atoms with van der Waals surface area (Å²) in [6.45, 7) is 6.67. The van der Waals surface area contributed by atoms with Crippen molar-refractivity contribution in [1.29, 1.82) is 0 Å². The fourth-order valence-corrected chi connectivity index (χ4v) is 2.28. The van der Waals surface area contributed by atoms with Crippen LogP contribution < -0.4 is 5.73 Å². The Morgan fingerprint density at radius 1 is 1.00 bits per heavy atom. The molecule has 4 aliphatic rings. The molecule has 1 aliphatic carbocycles. The largest absolute Gasteiger partial charge is 0.365 e. The molecule has 3 heterocycles. The third-order valence-electron chi connectivity index (χ3n) is 4.02. The maximum absolute atomic E-state index is 12.4. The molecule has 24 heavy (non-hydrogen) atoms. The van der Waals surface area contributed by atoms with Crippen molar-refractivity contribution >= 4 is 19.2 Å². The van der Waals surface area contributed by atoms with Crippen molar-refractivity contribution in [3.05, 3.63) is 23.2 Å². The molecule has 4 N–H and O–H groups in total.